The Kier molecular flexibility index (Phi) is 4.48. The first-order chi connectivity index (χ1) is 10.2. The highest BCUT2D eigenvalue weighted by Crippen LogP contribution is 2.36. The Labute approximate surface area is 130 Å². The molecule has 1 aliphatic rings. The molecule has 1 aromatic heterocycles. The van der Waals surface area contributed by atoms with E-state index in [2.05, 4.69) is 16.5 Å². The molecule has 21 heavy (non-hydrogen) atoms. The van der Waals surface area contributed by atoms with E-state index in [0.717, 1.165) is 17.8 Å². The van der Waals surface area contributed by atoms with E-state index in [-0.39, 0.29) is 5.82 Å². The van der Waals surface area contributed by atoms with Crippen molar-refractivity contribution in [3.05, 3.63) is 29.8 Å². The van der Waals surface area contributed by atoms with Gasteiger partial charge in [-0.15, -0.1) is 11.6 Å². The minimum Gasteiger partial charge on any atom is -0.324 e. The van der Waals surface area contributed by atoms with Crippen molar-refractivity contribution in [2.24, 2.45) is 5.92 Å². The third-order valence-electron chi connectivity index (χ3n) is 4.71. The average molecular weight is 309 g/mol. The van der Waals surface area contributed by atoms with E-state index in [4.69, 9.17) is 11.6 Å². The summed E-state index contributed by atoms with van der Waals surface area (Å²) in [4.78, 5) is 4.55. The molecule has 2 aromatic rings. The number of aryl methyl sites for hydroxylation is 1. The monoisotopic (exact) mass is 308 g/mol. The minimum atomic E-state index is -0.233. The van der Waals surface area contributed by atoms with Crippen LogP contribution in [-0.4, -0.2) is 15.4 Å². The number of imidazole rings is 1. The smallest absolute Gasteiger partial charge is 0.151 e. The fourth-order valence-corrected chi connectivity index (χ4v) is 3.79. The van der Waals surface area contributed by atoms with Gasteiger partial charge < -0.3 is 4.57 Å². The molecule has 0 aliphatic heterocycles. The SMILES string of the molecule is CC1CCCCCC1n1c(CCCl)nc2c(F)cccc21. The number of aromatic nitrogens is 2. The lowest BCUT2D eigenvalue weighted by Crippen LogP contribution is -2.19. The van der Waals surface area contributed by atoms with Crippen LogP contribution in [0.25, 0.3) is 11.0 Å². The van der Waals surface area contributed by atoms with Crippen LogP contribution in [0.15, 0.2) is 18.2 Å². The van der Waals surface area contributed by atoms with Gasteiger partial charge in [-0.05, 0) is 30.9 Å². The Balaban J connectivity index is 2.14. The number of hydrogen-bond acceptors (Lipinski definition) is 1. The van der Waals surface area contributed by atoms with Crippen molar-refractivity contribution < 1.29 is 4.39 Å². The highest BCUT2D eigenvalue weighted by atomic mass is 35.5. The van der Waals surface area contributed by atoms with Gasteiger partial charge in [0.1, 0.15) is 11.3 Å². The molecule has 0 amide bonds. The summed E-state index contributed by atoms with van der Waals surface area (Å²) in [7, 11) is 0. The summed E-state index contributed by atoms with van der Waals surface area (Å²) < 4.78 is 16.3. The van der Waals surface area contributed by atoms with E-state index >= 15 is 0 Å². The van der Waals surface area contributed by atoms with Gasteiger partial charge in [0.15, 0.2) is 5.82 Å². The Bertz CT molecular complexity index is 623. The van der Waals surface area contributed by atoms with Crippen molar-refractivity contribution in [3.8, 4) is 0 Å². The van der Waals surface area contributed by atoms with Gasteiger partial charge in [0, 0.05) is 18.3 Å². The van der Waals surface area contributed by atoms with Crippen LogP contribution in [-0.2, 0) is 6.42 Å². The number of benzene rings is 1. The lowest BCUT2D eigenvalue weighted by Gasteiger charge is -2.25. The zero-order chi connectivity index (χ0) is 14.8. The fourth-order valence-electron chi connectivity index (χ4n) is 3.62. The molecule has 1 aromatic carbocycles. The van der Waals surface area contributed by atoms with E-state index in [1.165, 1.54) is 31.7 Å². The molecule has 2 atom stereocenters. The first-order valence-electron chi connectivity index (χ1n) is 7.93. The van der Waals surface area contributed by atoms with E-state index in [0.29, 0.717) is 29.8 Å². The summed E-state index contributed by atoms with van der Waals surface area (Å²) in [6, 6.07) is 5.67. The van der Waals surface area contributed by atoms with Crippen LogP contribution in [0, 0.1) is 11.7 Å². The van der Waals surface area contributed by atoms with Crippen LogP contribution in [0.1, 0.15) is 50.9 Å². The van der Waals surface area contributed by atoms with Crippen molar-refractivity contribution in [1.29, 1.82) is 0 Å². The molecule has 1 saturated carbocycles. The maximum Gasteiger partial charge on any atom is 0.151 e. The third kappa shape index (κ3) is 2.80. The molecule has 2 nitrogen and oxygen atoms in total. The molecule has 0 spiro atoms. The Morgan fingerprint density at radius 1 is 1.29 bits per heavy atom. The van der Waals surface area contributed by atoms with E-state index in [9.17, 15) is 4.39 Å². The second-order valence-corrected chi connectivity index (χ2v) is 6.51. The van der Waals surface area contributed by atoms with Crippen molar-refractivity contribution >= 4 is 22.6 Å². The van der Waals surface area contributed by atoms with E-state index in [1.54, 1.807) is 6.07 Å². The number of nitrogens with zero attached hydrogens (tertiary/aromatic N) is 2. The normalized spacial score (nSPS) is 23.4. The van der Waals surface area contributed by atoms with Crippen molar-refractivity contribution in [3.63, 3.8) is 0 Å². The molecule has 0 radical (unpaired) electrons. The highest BCUT2D eigenvalue weighted by molar-refractivity contribution is 6.17. The van der Waals surface area contributed by atoms with Gasteiger partial charge in [0.2, 0.25) is 0 Å². The maximum absolute atomic E-state index is 14.1. The minimum absolute atomic E-state index is 0.233. The number of fused-ring (bicyclic) bond motifs is 1. The predicted octanol–water partition coefficient (Wildman–Crippen LogP) is 5.10. The van der Waals surface area contributed by atoms with Gasteiger partial charge in [0.25, 0.3) is 0 Å². The second kappa shape index (κ2) is 6.35. The number of alkyl halides is 1. The molecule has 0 bridgehead atoms. The quantitative estimate of drug-likeness (QED) is 0.570. The molecule has 4 heteroatoms. The summed E-state index contributed by atoms with van der Waals surface area (Å²) >= 11 is 5.94. The van der Waals surface area contributed by atoms with Crippen LogP contribution >= 0.6 is 11.6 Å². The van der Waals surface area contributed by atoms with Gasteiger partial charge in [0.05, 0.1) is 5.52 Å². The van der Waals surface area contributed by atoms with Gasteiger partial charge in [-0.2, -0.15) is 0 Å². The Hall–Kier alpha value is -1.09. The van der Waals surface area contributed by atoms with Gasteiger partial charge in [-0.3, -0.25) is 0 Å². The molecule has 1 fully saturated rings. The molecule has 1 heterocycles. The number of para-hydroxylation sites is 1. The second-order valence-electron chi connectivity index (χ2n) is 6.13. The van der Waals surface area contributed by atoms with Crippen molar-refractivity contribution in [1.82, 2.24) is 9.55 Å². The molecule has 114 valence electrons. The summed E-state index contributed by atoms with van der Waals surface area (Å²) in [5.41, 5.74) is 1.42. The Morgan fingerprint density at radius 2 is 2.10 bits per heavy atom. The standard InChI is InChI=1S/C17H22ClFN2/c1-12-6-3-2-4-8-14(12)21-15-9-5-7-13(19)17(15)20-16(21)10-11-18/h5,7,9,12,14H,2-4,6,8,10-11H2,1H3. The largest absolute Gasteiger partial charge is 0.324 e. The van der Waals surface area contributed by atoms with Crippen molar-refractivity contribution in [2.75, 3.05) is 5.88 Å². The van der Waals surface area contributed by atoms with Gasteiger partial charge >= 0.3 is 0 Å². The molecular formula is C17H22ClFN2. The average Bonchev–Trinajstić information content (AvgIpc) is 2.69. The number of halogens is 2. The summed E-state index contributed by atoms with van der Waals surface area (Å²) in [5, 5.41) is 0. The highest BCUT2D eigenvalue weighted by Gasteiger charge is 2.26. The van der Waals surface area contributed by atoms with Gasteiger partial charge in [-0.25, -0.2) is 9.37 Å². The zero-order valence-electron chi connectivity index (χ0n) is 12.5. The number of hydrogen-bond donors (Lipinski definition) is 0. The number of rotatable bonds is 3. The predicted molar refractivity (Wildman–Crippen MR) is 85.4 cm³/mol. The first kappa shape index (κ1) is 14.8. The molecule has 3 rings (SSSR count). The zero-order valence-corrected chi connectivity index (χ0v) is 13.2. The summed E-state index contributed by atoms with van der Waals surface area (Å²) in [6.45, 7) is 2.31. The van der Waals surface area contributed by atoms with Crippen LogP contribution in [0.4, 0.5) is 4.39 Å². The van der Waals surface area contributed by atoms with E-state index in [1.807, 2.05) is 6.07 Å². The van der Waals surface area contributed by atoms with Crippen LogP contribution < -0.4 is 0 Å². The van der Waals surface area contributed by atoms with E-state index < -0.39 is 0 Å². The molecule has 1 aliphatic carbocycles. The van der Waals surface area contributed by atoms with Crippen LogP contribution in [0.5, 0.6) is 0 Å². The van der Waals surface area contributed by atoms with Gasteiger partial charge in [-0.1, -0.05) is 32.3 Å². The van der Waals surface area contributed by atoms with Crippen LogP contribution in [0.2, 0.25) is 0 Å². The maximum atomic E-state index is 14.1. The lowest BCUT2D eigenvalue weighted by atomic mass is 9.96. The fraction of sp³-hybridized carbons (Fsp3) is 0.588. The summed E-state index contributed by atoms with van der Waals surface area (Å²) in [5.74, 6) is 1.82. The summed E-state index contributed by atoms with van der Waals surface area (Å²) in [6.07, 6.45) is 6.91. The topological polar surface area (TPSA) is 17.8 Å². The molecule has 0 N–H and O–H groups in total. The molecule has 0 saturated heterocycles. The van der Waals surface area contributed by atoms with Crippen molar-refractivity contribution in [2.45, 2.75) is 51.5 Å². The first-order valence-corrected chi connectivity index (χ1v) is 8.47. The lowest BCUT2D eigenvalue weighted by molar-refractivity contribution is 0.333. The molecular weight excluding hydrogens is 287 g/mol. The molecule has 2 unspecified atom stereocenters. The third-order valence-corrected chi connectivity index (χ3v) is 4.90. The van der Waals surface area contributed by atoms with Crippen LogP contribution in [0.3, 0.4) is 0 Å². The Morgan fingerprint density at radius 3 is 2.90 bits per heavy atom.